The first kappa shape index (κ1) is 14.9. The summed E-state index contributed by atoms with van der Waals surface area (Å²) in [5.74, 6) is -11.7. The fraction of sp³-hybridized carbons (Fsp3) is 0.400. The van der Waals surface area contributed by atoms with E-state index in [2.05, 4.69) is 11.6 Å². The number of benzene rings is 1. The normalized spacial score (nSPS) is 13.8. The molecule has 0 aromatic heterocycles. The van der Waals surface area contributed by atoms with Crippen LogP contribution in [0.4, 0.5) is 26.3 Å². The minimum absolute atomic E-state index is 0.0124. The smallest absolute Gasteiger partial charge is 0.390 e. The van der Waals surface area contributed by atoms with Crippen molar-refractivity contribution in [1.82, 2.24) is 0 Å². The zero-order valence-corrected chi connectivity index (χ0v) is 9.58. The maximum atomic E-state index is 13.4. The van der Waals surface area contributed by atoms with Crippen LogP contribution in [0.15, 0.2) is 18.2 Å². The van der Waals surface area contributed by atoms with Crippen molar-refractivity contribution in [1.29, 1.82) is 0 Å². The van der Waals surface area contributed by atoms with E-state index in [9.17, 15) is 26.3 Å². The summed E-state index contributed by atoms with van der Waals surface area (Å²) in [4.78, 5) is 0. The molecule has 1 N–H and O–H groups in total. The molecule has 0 aliphatic heterocycles. The standard InChI is InChI=1S/C10H7ClF6O/c1-5-2-6(4-7(18)3-5)8(12,13)9(14,15)10(11,16)17/h2-4,18H,1H3. The van der Waals surface area contributed by atoms with Crippen LogP contribution >= 0.6 is 11.6 Å². The Morgan fingerprint density at radius 1 is 1.00 bits per heavy atom. The predicted molar refractivity (Wildman–Crippen MR) is 52.5 cm³/mol. The average molecular weight is 293 g/mol. The van der Waals surface area contributed by atoms with Gasteiger partial charge in [-0.2, -0.15) is 26.3 Å². The van der Waals surface area contributed by atoms with Crippen molar-refractivity contribution in [2.75, 3.05) is 0 Å². The van der Waals surface area contributed by atoms with Gasteiger partial charge in [-0.3, -0.25) is 0 Å². The van der Waals surface area contributed by atoms with Crippen LogP contribution < -0.4 is 0 Å². The Labute approximate surface area is 103 Å². The molecule has 0 aliphatic rings. The van der Waals surface area contributed by atoms with Gasteiger partial charge in [0.1, 0.15) is 5.75 Å². The Hall–Kier alpha value is -1.11. The first-order valence-corrected chi connectivity index (χ1v) is 4.91. The summed E-state index contributed by atoms with van der Waals surface area (Å²) in [5.41, 5.74) is -1.43. The fourth-order valence-corrected chi connectivity index (χ4v) is 1.42. The quantitative estimate of drug-likeness (QED) is 0.652. The highest BCUT2D eigenvalue weighted by Gasteiger charge is 2.71. The molecule has 102 valence electrons. The van der Waals surface area contributed by atoms with Crippen LogP contribution in [0.3, 0.4) is 0 Å². The van der Waals surface area contributed by atoms with Crippen LogP contribution in [0.25, 0.3) is 0 Å². The van der Waals surface area contributed by atoms with Gasteiger partial charge in [0, 0.05) is 5.56 Å². The summed E-state index contributed by atoms with van der Waals surface area (Å²) in [6, 6.07) is 1.86. The summed E-state index contributed by atoms with van der Waals surface area (Å²) < 4.78 is 77.3. The maximum Gasteiger partial charge on any atom is 0.390 e. The topological polar surface area (TPSA) is 20.2 Å². The van der Waals surface area contributed by atoms with Gasteiger partial charge < -0.3 is 5.11 Å². The van der Waals surface area contributed by atoms with Crippen LogP contribution in [-0.4, -0.2) is 16.4 Å². The number of halogens is 7. The third-order valence-electron chi connectivity index (χ3n) is 2.18. The van der Waals surface area contributed by atoms with Crippen LogP contribution in [-0.2, 0) is 5.92 Å². The zero-order valence-electron chi connectivity index (χ0n) is 8.83. The second kappa shape index (κ2) is 4.22. The lowest BCUT2D eigenvalue weighted by Crippen LogP contribution is -2.49. The lowest BCUT2D eigenvalue weighted by atomic mass is 10.00. The number of phenolic OH excluding ortho intramolecular Hbond substituents is 1. The monoisotopic (exact) mass is 292 g/mol. The lowest BCUT2D eigenvalue weighted by molar-refractivity contribution is -0.286. The number of hydrogen-bond acceptors (Lipinski definition) is 1. The molecule has 1 aromatic carbocycles. The molecular weight excluding hydrogens is 286 g/mol. The molecule has 0 saturated heterocycles. The molecule has 0 heterocycles. The molecule has 1 nitrogen and oxygen atoms in total. The fourth-order valence-electron chi connectivity index (χ4n) is 1.30. The van der Waals surface area contributed by atoms with Crippen LogP contribution in [0, 0.1) is 6.92 Å². The average Bonchev–Trinajstić information content (AvgIpc) is 2.13. The molecule has 0 amide bonds. The van der Waals surface area contributed by atoms with E-state index in [1.807, 2.05) is 0 Å². The molecule has 18 heavy (non-hydrogen) atoms. The predicted octanol–water partition coefficient (Wildman–Crippen LogP) is 4.26. The first-order chi connectivity index (χ1) is 7.89. The van der Waals surface area contributed by atoms with Gasteiger partial charge in [0.05, 0.1) is 0 Å². The van der Waals surface area contributed by atoms with E-state index in [1.54, 1.807) is 0 Å². The second-order valence-corrected chi connectivity index (χ2v) is 4.18. The SMILES string of the molecule is Cc1cc(O)cc(C(F)(F)C(F)(F)C(F)(F)Cl)c1. The van der Waals surface area contributed by atoms with Crippen LogP contribution in [0.1, 0.15) is 11.1 Å². The molecule has 1 aromatic rings. The molecule has 0 spiro atoms. The molecule has 0 atom stereocenters. The van der Waals surface area contributed by atoms with E-state index >= 15 is 0 Å². The molecule has 8 heteroatoms. The van der Waals surface area contributed by atoms with Gasteiger partial charge in [0.2, 0.25) is 0 Å². The maximum absolute atomic E-state index is 13.4. The van der Waals surface area contributed by atoms with Crippen molar-refractivity contribution in [3.63, 3.8) is 0 Å². The molecule has 0 aliphatic carbocycles. The Balaban J connectivity index is 3.37. The van der Waals surface area contributed by atoms with Crippen molar-refractivity contribution in [2.24, 2.45) is 0 Å². The summed E-state index contributed by atoms with van der Waals surface area (Å²) in [5, 5.41) is 3.61. The summed E-state index contributed by atoms with van der Waals surface area (Å²) in [6.07, 6.45) is 0. The molecule has 0 bridgehead atoms. The minimum atomic E-state index is -5.79. The molecule has 0 radical (unpaired) electrons. The molecular formula is C10H7ClF6O. The van der Waals surface area contributed by atoms with E-state index in [0.29, 0.717) is 6.07 Å². The largest absolute Gasteiger partial charge is 0.508 e. The minimum Gasteiger partial charge on any atom is -0.508 e. The lowest BCUT2D eigenvalue weighted by Gasteiger charge is -2.29. The van der Waals surface area contributed by atoms with Crippen molar-refractivity contribution in [2.45, 2.75) is 24.2 Å². The Kier molecular flexibility index (Phi) is 3.51. The van der Waals surface area contributed by atoms with Gasteiger partial charge >= 0.3 is 17.2 Å². The third kappa shape index (κ3) is 2.36. The van der Waals surface area contributed by atoms with Gasteiger partial charge in [-0.1, -0.05) is 0 Å². The number of aromatic hydroxyl groups is 1. The van der Waals surface area contributed by atoms with E-state index < -0.39 is 28.5 Å². The summed E-state index contributed by atoms with van der Waals surface area (Å²) in [7, 11) is 0. The second-order valence-electron chi connectivity index (χ2n) is 3.70. The summed E-state index contributed by atoms with van der Waals surface area (Å²) >= 11 is 4.01. The highest BCUT2D eigenvalue weighted by molar-refractivity contribution is 6.22. The van der Waals surface area contributed by atoms with Crippen molar-refractivity contribution < 1.29 is 31.4 Å². The number of hydrogen-bond donors (Lipinski definition) is 1. The van der Waals surface area contributed by atoms with Crippen molar-refractivity contribution >= 4 is 11.6 Å². The molecule has 0 unspecified atom stereocenters. The van der Waals surface area contributed by atoms with E-state index in [4.69, 9.17) is 5.11 Å². The highest BCUT2D eigenvalue weighted by atomic mass is 35.5. The van der Waals surface area contributed by atoms with Gasteiger partial charge in [-0.05, 0) is 42.3 Å². The van der Waals surface area contributed by atoms with E-state index in [-0.39, 0.29) is 11.6 Å². The van der Waals surface area contributed by atoms with E-state index in [1.165, 1.54) is 6.92 Å². The van der Waals surface area contributed by atoms with Gasteiger partial charge in [0.25, 0.3) is 0 Å². The Morgan fingerprint density at radius 3 is 1.89 bits per heavy atom. The third-order valence-corrected chi connectivity index (χ3v) is 2.41. The number of phenols is 1. The van der Waals surface area contributed by atoms with Crippen molar-refractivity contribution in [3.05, 3.63) is 29.3 Å². The number of alkyl halides is 7. The molecule has 1 rings (SSSR count). The zero-order chi connectivity index (χ0) is 14.4. The number of rotatable bonds is 3. The molecule has 0 saturated carbocycles. The summed E-state index contributed by atoms with van der Waals surface area (Å²) in [6.45, 7) is 1.23. The van der Waals surface area contributed by atoms with Crippen LogP contribution in [0.5, 0.6) is 5.75 Å². The number of aryl methyl sites for hydroxylation is 1. The van der Waals surface area contributed by atoms with Gasteiger partial charge in [-0.15, -0.1) is 0 Å². The van der Waals surface area contributed by atoms with E-state index in [0.717, 1.165) is 6.07 Å². The molecule has 0 fully saturated rings. The first-order valence-electron chi connectivity index (χ1n) is 4.53. The van der Waals surface area contributed by atoms with Gasteiger partial charge in [-0.25, -0.2) is 0 Å². The Bertz CT molecular complexity index is 434. The van der Waals surface area contributed by atoms with Gasteiger partial charge in [0.15, 0.2) is 0 Å². The van der Waals surface area contributed by atoms with Crippen molar-refractivity contribution in [3.8, 4) is 5.75 Å². The highest BCUT2D eigenvalue weighted by Crippen LogP contribution is 2.53. The van der Waals surface area contributed by atoms with Crippen LogP contribution in [0.2, 0.25) is 0 Å². The Morgan fingerprint density at radius 2 is 1.50 bits per heavy atom.